The molecule has 1 amide bonds. The third-order valence-electron chi connectivity index (χ3n) is 4.23. The lowest BCUT2D eigenvalue weighted by atomic mass is 9.88. The summed E-state index contributed by atoms with van der Waals surface area (Å²) < 4.78 is 5.14. The topological polar surface area (TPSA) is 38.3 Å². The van der Waals surface area contributed by atoms with Crippen molar-refractivity contribution in [3.63, 3.8) is 0 Å². The second kappa shape index (κ2) is 8.54. The number of ether oxygens (including phenoxy) is 1. The van der Waals surface area contributed by atoms with Gasteiger partial charge in [-0.3, -0.25) is 4.79 Å². The summed E-state index contributed by atoms with van der Waals surface area (Å²) >= 11 is 6.13. The zero-order valence-electron chi connectivity index (χ0n) is 14.5. The summed E-state index contributed by atoms with van der Waals surface area (Å²) in [7, 11) is 1.56. The van der Waals surface area contributed by atoms with Gasteiger partial charge in [0.25, 0.3) is 0 Å². The number of methoxy groups -OCH3 is 1. The summed E-state index contributed by atoms with van der Waals surface area (Å²) in [5.41, 5.74) is 2.88. The zero-order valence-corrected chi connectivity index (χ0v) is 15.2. The maximum atomic E-state index is 12.6. The predicted molar refractivity (Wildman–Crippen MR) is 106 cm³/mol. The lowest BCUT2D eigenvalue weighted by molar-refractivity contribution is -0.116. The van der Waals surface area contributed by atoms with Crippen molar-refractivity contribution < 1.29 is 9.53 Å². The van der Waals surface area contributed by atoms with Gasteiger partial charge in [-0.05, 0) is 29.3 Å². The number of benzene rings is 3. The number of anilines is 1. The largest absolute Gasteiger partial charge is 0.495 e. The smallest absolute Gasteiger partial charge is 0.225 e. The fraction of sp³-hybridized carbons (Fsp3) is 0.136. The monoisotopic (exact) mass is 365 g/mol. The van der Waals surface area contributed by atoms with E-state index in [0.29, 0.717) is 22.9 Å². The van der Waals surface area contributed by atoms with Gasteiger partial charge in [0, 0.05) is 18.0 Å². The molecule has 3 rings (SSSR count). The quantitative estimate of drug-likeness (QED) is 0.625. The Labute approximate surface area is 158 Å². The number of nitrogens with one attached hydrogen (secondary N) is 1. The molecular formula is C22H20ClNO2. The van der Waals surface area contributed by atoms with E-state index in [1.807, 2.05) is 36.4 Å². The van der Waals surface area contributed by atoms with Gasteiger partial charge in [0.15, 0.2) is 0 Å². The summed E-state index contributed by atoms with van der Waals surface area (Å²) in [6, 6.07) is 25.3. The van der Waals surface area contributed by atoms with Crippen molar-refractivity contribution in [1.29, 1.82) is 0 Å². The van der Waals surface area contributed by atoms with E-state index in [2.05, 4.69) is 29.6 Å². The molecule has 0 aromatic heterocycles. The molecule has 0 spiro atoms. The van der Waals surface area contributed by atoms with Crippen molar-refractivity contribution in [2.24, 2.45) is 0 Å². The van der Waals surface area contributed by atoms with Gasteiger partial charge in [0.1, 0.15) is 5.75 Å². The third-order valence-corrected chi connectivity index (χ3v) is 4.52. The van der Waals surface area contributed by atoms with Crippen LogP contribution in [0.3, 0.4) is 0 Å². The Morgan fingerprint density at radius 1 is 0.962 bits per heavy atom. The molecule has 0 atom stereocenters. The van der Waals surface area contributed by atoms with Gasteiger partial charge in [0.05, 0.1) is 12.1 Å². The Morgan fingerprint density at radius 2 is 1.54 bits per heavy atom. The molecule has 4 heteroatoms. The SMILES string of the molecule is COc1ccc(NC(=O)CC(c2ccccc2)c2ccccc2)cc1Cl. The fourth-order valence-electron chi connectivity index (χ4n) is 2.94. The number of hydrogen-bond acceptors (Lipinski definition) is 2. The number of rotatable bonds is 6. The predicted octanol–water partition coefficient (Wildman–Crippen LogP) is 5.51. The Balaban J connectivity index is 1.79. The Kier molecular flexibility index (Phi) is 5.92. The van der Waals surface area contributed by atoms with Gasteiger partial charge < -0.3 is 10.1 Å². The molecule has 0 heterocycles. The normalized spacial score (nSPS) is 10.6. The molecule has 0 radical (unpaired) electrons. The zero-order chi connectivity index (χ0) is 18.4. The minimum absolute atomic E-state index is 0.00822. The van der Waals surface area contributed by atoms with E-state index < -0.39 is 0 Å². The first-order valence-corrected chi connectivity index (χ1v) is 8.78. The highest BCUT2D eigenvalue weighted by molar-refractivity contribution is 6.32. The average molecular weight is 366 g/mol. The van der Waals surface area contributed by atoms with Crippen molar-refractivity contribution in [3.8, 4) is 5.75 Å². The van der Waals surface area contributed by atoms with E-state index in [1.165, 1.54) is 0 Å². The summed E-state index contributed by atoms with van der Waals surface area (Å²) in [6.45, 7) is 0. The maximum absolute atomic E-state index is 12.6. The van der Waals surface area contributed by atoms with Crippen molar-refractivity contribution in [1.82, 2.24) is 0 Å². The molecule has 3 nitrogen and oxygen atoms in total. The van der Waals surface area contributed by atoms with Gasteiger partial charge in [0.2, 0.25) is 5.91 Å². The summed E-state index contributed by atoms with van der Waals surface area (Å²) in [6.07, 6.45) is 0.345. The Morgan fingerprint density at radius 3 is 2.04 bits per heavy atom. The minimum Gasteiger partial charge on any atom is -0.495 e. The van der Waals surface area contributed by atoms with Crippen molar-refractivity contribution in [3.05, 3.63) is 95.0 Å². The fourth-order valence-corrected chi connectivity index (χ4v) is 3.20. The highest BCUT2D eigenvalue weighted by atomic mass is 35.5. The van der Waals surface area contributed by atoms with Crippen LogP contribution in [-0.2, 0) is 4.79 Å². The lowest BCUT2D eigenvalue weighted by Gasteiger charge is -2.18. The number of carbonyl (C=O) groups is 1. The van der Waals surface area contributed by atoms with E-state index in [0.717, 1.165) is 11.1 Å². The maximum Gasteiger partial charge on any atom is 0.225 e. The van der Waals surface area contributed by atoms with Crippen LogP contribution in [0.15, 0.2) is 78.9 Å². The van der Waals surface area contributed by atoms with Crippen LogP contribution in [0.4, 0.5) is 5.69 Å². The molecule has 3 aromatic carbocycles. The van der Waals surface area contributed by atoms with Crippen LogP contribution in [-0.4, -0.2) is 13.0 Å². The first-order chi connectivity index (χ1) is 12.7. The number of hydrogen-bond donors (Lipinski definition) is 1. The molecule has 0 aliphatic rings. The molecule has 0 saturated heterocycles. The van der Waals surface area contributed by atoms with E-state index in [9.17, 15) is 4.79 Å². The van der Waals surface area contributed by atoms with E-state index in [4.69, 9.17) is 16.3 Å². The molecule has 0 aliphatic heterocycles. The second-order valence-corrected chi connectivity index (χ2v) is 6.38. The standard InChI is InChI=1S/C22H20ClNO2/c1-26-21-13-12-18(14-20(21)23)24-22(25)15-19(16-8-4-2-5-9-16)17-10-6-3-7-11-17/h2-14,19H,15H2,1H3,(H,24,25). The Hall–Kier alpha value is -2.78. The van der Waals surface area contributed by atoms with Crippen LogP contribution < -0.4 is 10.1 Å². The third kappa shape index (κ3) is 4.44. The first-order valence-electron chi connectivity index (χ1n) is 8.40. The number of carbonyl (C=O) groups excluding carboxylic acids is 1. The molecule has 3 aromatic rings. The van der Waals surface area contributed by atoms with E-state index in [1.54, 1.807) is 25.3 Å². The highest BCUT2D eigenvalue weighted by Gasteiger charge is 2.18. The van der Waals surface area contributed by atoms with Gasteiger partial charge in [-0.15, -0.1) is 0 Å². The highest BCUT2D eigenvalue weighted by Crippen LogP contribution is 2.30. The average Bonchev–Trinajstić information content (AvgIpc) is 2.68. The molecule has 0 bridgehead atoms. The van der Waals surface area contributed by atoms with Gasteiger partial charge in [-0.25, -0.2) is 0 Å². The lowest BCUT2D eigenvalue weighted by Crippen LogP contribution is -2.16. The summed E-state index contributed by atoms with van der Waals surface area (Å²) in [4.78, 5) is 12.6. The molecule has 0 aliphatic carbocycles. The first kappa shape index (κ1) is 18.0. The van der Waals surface area contributed by atoms with Crippen molar-refractivity contribution in [2.75, 3.05) is 12.4 Å². The van der Waals surface area contributed by atoms with Crippen LogP contribution in [0, 0.1) is 0 Å². The molecule has 0 fully saturated rings. The second-order valence-electron chi connectivity index (χ2n) is 5.98. The van der Waals surface area contributed by atoms with E-state index >= 15 is 0 Å². The molecule has 1 N–H and O–H groups in total. The van der Waals surface area contributed by atoms with Crippen LogP contribution >= 0.6 is 11.6 Å². The molecule has 0 unspecified atom stereocenters. The van der Waals surface area contributed by atoms with Crippen LogP contribution in [0.25, 0.3) is 0 Å². The molecular weight excluding hydrogens is 346 g/mol. The van der Waals surface area contributed by atoms with E-state index in [-0.39, 0.29) is 11.8 Å². The van der Waals surface area contributed by atoms with Crippen molar-refractivity contribution in [2.45, 2.75) is 12.3 Å². The summed E-state index contributed by atoms with van der Waals surface area (Å²) in [5, 5.41) is 3.39. The Bertz CT molecular complexity index is 826. The number of amides is 1. The van der Waals surface area contributed by atoms with Crippen LogP contribution in [0.5, 0.6) is 5.75 Å². The van der Waals surface area contributed by atoms with Crippen LogP contribution in [0.2, 0.25) is 5.02 Å². The van der Waals surface area contributed by atoms with Gasteiger partial charge in [-0.1, -0.05) is 72.3 Å². The van der Waals surface area contributed by atoms with Crippen molar-refractivity contribution >= 4 is 23.2 Å². The van der Waals surface area contributed by atoms with Gasteiger partial charge >= 0.3 is 0 Å². The molecule has 26 heavy (non-hydrogen) atoms. The van der Waals surface area contributed by atoms with Gasteiger partial charge in [-0.2, -0.15) is 0 Å². The molecule has 132 valence electrons. The minimum atomic E-state index is -0.0658. The number of halogens is 1. The molecule has 0 saturated carbocycles. The summed E-state index contributed by atoms with van der Waals surface area (Å²) in [5.74, 6) is 0.506. The van der Waals surface area contributed by atoms with Crippen LogP contribution in [0.1, 0.15) is 23.5 Å².